The number of aliphatic carboxylic acids is 1. The summed E-state index contributed by atoms with van der Waals surface area (Å²) in [6, 6.07) is 1.70. The summed E-state index contributed by atoms with van der Waals surface area (Å²) in [5.74, 6) is -1.87. The second-order valence-corrected chi connectivity index (χ2v) is 5.04. The number of carbonyl (C=O) groups excluding carboxylic acids is 1. The van der Waals surface area contributed by atoms with Crippen molar-refractivity contribution < 1.29 is 14.7 Å². The van der Waals surface area contributed by atoms with Gasteiger partial charge in [0.2, 0.25) is 5.91 Å². The van der Waals surface area contributed by atoms with E-state index in [0.717, 1.165) is 5.69 Å². The minimum Gasteiger partial charge on any atom is -0.481 e. The number of nitrogens with zero attached hydrogens (tertiary/aromatic N) is 1. The first-order valence-electron chi connectivity index (χ1n) is 5.39. The number of nitrogens with one attached hydrogen (secondary N) is 2. The molecule has 1 fully saturated rings. The van der Waals surface area contributed by atoms with Crippen molar-refractivity contribution in [1.82, 2.24) is 10.2 Å². The molecule has 0 aliphatic heterocycles. The van der Waals surface area contributed by atoms with Gasteiger partial charge in [-0.25, -0.2) is 0 Å². The molecule has 0 radical (unpaired) electrons. The Morgan fingerprint density at radius 3 is 2.53 bits per heavy atom. The molecular weight excluding hydrogens is 222 g/mol. The third-order valence-electron chi connectivity index (χ3n) is 3.33. The molecule has 17 heavy (non-hydrogen) atoms. The Balaban J connectivity index is 2.05. The van der Waals surface area contributed by atoms with Crippen LogP contribution in [-0.2, 0) is 9.59 Å². The van der Waals surface area contributed by atoms with Crippen molar-refractivity contribution in [2.75, 3.05) is 5.32 Å². The number of hydrogen-bond acceptors (Lipinski definition) is 3. The van der Waals surface area contributed by atoms with Crippen LogP contribution in [0.15, 0.2) is 6.07 Å². The first-order chi connectivity index (χ1) is 7.84. The maximum atomic E-state index is 11.9. The highest BCUT2D eigenvalue weighted by Crippen LogP contribution is 2.58. The minimum absolute atomic E-state index is 0.283. The number of aromatic nitrogens is 2. The van der Waals surface area contributed by atoms with Crippen molar-refractivity contribution >= 4 is 17.7 Å². The lowest BCUT2D eigenvalue weighted by Gasteiger charge is -2.02. The zero-order valence-electron chi connectivity index (χ0n) is 9.94. The van der Waals surface area contributed by atoms with Crippen molar-refractivity contribution in [2.24, 2.45) is 17.3 Å². The molecule has 0 spiro atoms. The summed E-state index contributed by atoms with van der Waals surface area (Å²) < 4.78 is 0. The van der Waals surface area contributed by atoms with E-state index < -0.39 is 23.2 Å². The van der Waals surface area contributed by atoms with E-state index in [1.54, 1.807) is 19.9 Å². The van der Waals surface area contributed by atoms with Gasteiger partial charge in [0.1, 0.15) is 0 Å². The Morgan fingerprint density at radius 1 is 1.47 bits per heavy atom. The van der Waals surface area contributed by atoms with Crippen molar-refractivity contribution in [1.29, 1.82) is 0 Å². The number of H-pyrrole nitrogens is 1. The number of anilines is 1. The van der Waals surface area contributed by atoms with Crippen LogP contribution in [0.1, 0.15) is 19.5 Å². The standard InChI is InChI=1S/C11H15N3O3/c1-5-4-6(14-13-5)12-9(15)7-8(10(16)17)11(7,2)3/h4,7-8H,1-3H3,(H,16,17)(H2,12,13,14,15). The summed E-state index contributed by atoms with van der Waals surface area (Å²) in [6.07, 6.45) is 0. The second kappa shape index (κ2) is 3.58. The second-order valence-electron chi connectivity index (χ2n) is 5.04. The normalized spacial score (nSPS) is 25.4. The Hall–Kier alpha value is -1.85. The summed E-state index contributed by atoms with van der Waals surface area (Å²) in [5, 5.41) is 18.2. The predicted octanol–water partition coefficient (Wildman–Crippen LogP) is 1.01. The maximum Gasteiger partial charge on any atom is 0.307 e. The zero-order valence-corrected chi connectivity index (χ0v) is 9.94. The highest BCUT2D eigenvalue weighted by molar-refractivity contribution is 5.99. The lowest BCUT2D eigenvalue weighted by molar-refractivity contribution is -0.140. The van der Waals surface area contributed by atoms with Gasteiger partial charge in [-0.3, -0.25) is 14.7 Å². The van der Waals surface area contributed by atoms with Crippen LogP contribution in [-0.4, -0.2) is 27.2 Å². The van der Waals surface area contributed by atoms with Crippen LogP contribution in [0, 0.1) is 24.2 Å². The zero-order chi connectivity index (χ0) is 12.8. The van der Waals surface area contributed by atoms with E-state index in [2.05, 4.69) is 15.5 Å². The van der Waals surface area contributed by atoms with Crippen molar-refractivity contribution in [2.45, 2.75) is 20.8 Å². The van der Waals surface area contributed by atoms with Crippen molar-refractivity contribution in [3.63, 3.8) is 0 Å². The van der Waals surface area contributed by atoms with E-state index in [9.17, 15) is 9.59 Å². The molecule has 2 atom stereocenters. The summed E-state index contributed by atoms with van der Waals surface area (Å²) >= 11 is 0. The SMILES string of the molecule is Cc1cc(NC(=O)C2C(C(=O)O)C2(C)C)n[nH]1. The molecule has 92 valence electrons. The molecule has 0 saturated heterocycles. The van der Waals surface area contributed by atoms with Gasteiger partial charge in [-0.05, 0) is 12.3 Å². The number of aryl methyl sites for hydroxylation is 1. The van der Waals surface area contributed by atoms with Crippen LogP contribution in [0.3, 0.4) is 0 Å². The Labute approximate surface area is 98.4 Å². The first-order valence-corrected chi connectivity index (χ1v) is 5.39. The van der Waals surface area contributed by atoms with Crippen molar-refractivity contribution in [3.8, 4) is 0 Å². The molecule has 1 aromatic heterocycles. The van der Waals surface area contributed by atoms with Crippen LogP contribution < -0.4 is 5.32 Å². The van der Waals surface area contributed by atoms with E-state index in [-0.39, 0.29) is 5.91 Å². The average Bonchev–Trinajstić information content (AvgIpc) is 2.54. The smallest absolute Gasteiger partial charge is 0.307 e. The highest BCUT2D eigenvalue weighted by Gasteiger charge is 2.65. The molecule has 2 rings (SSSR count). The van der Waals surface area contributed by atoms with Gasteiger partial charge in [0.05, 0.1) is 11.8 Å². The van der Waals surface area contributed by atoms with Gasteiger partial charge in [-0.15, -0.1) is 0 Å². The van der Waals surface area contributed by atoms with E-state index in [0.29, 0.717) is 5.82 Å². The van der Waals surface area contributed by atoms with Crippen LogP contribution >= 0.6 is 0 Å². The fraction of sp³-hybridized carbons (Fsp3) is 0.545. The van der Waals surface area contributed by atoms with Gasteiger partial charge in [0.25, 0.3) is 0 Å². The topological polar surface area (TPSA) is 95.1 Å². The molecule has 1 heterocycles. The van der Waals surface area contributed by atoms with Crippen LogP contribution in [0.5, 0.6) is 0 Å². The Bertz CT molecular complexity index is 478. The average molecular weight is 237 g/mol. The van der Waals surface area contributed by atoms with E-state index in [1.165, 1.54) is 0 Å². The van der Waals surface area contributed by atoms with Gasteiger partial charge < -0.3 is 10.4 Å². The molecule has 2 unspecified atom stereocenters. The van der Waals surface area contributed by atoms with Gasteiger partial charge in [0, 0.05) is 11.8 Å². The summed E-state index contributed by atoms with van der Waals surface area (Å²) in [5.41, 5.74) is 0.353. The van der Waals surface area contributed by atoms with Crippen molar-refractivity contribution in [3.05, 3.63) is 11.8 Å². The number of carboxylic acid groups (broad SMARTS) is 1. The quantitative estimate of drug-likeness (QED) is 0.731. The molecule has 0 bridgehead atoms. The molecule has 6 nitrogen and oxygen atoms in total. The maximum absolute atomic E-state index is 11.9. The van der Waals surface area contributed by atoms with Crippen LogP contribution in [0.25, 0.3) is 0 Å². The minimum atomic E-state index is -0.923. The molecule has 1 aliphatic carbocycles. The number of rotatable bonds is 3. The van der Waals surface area contributed by atoms with Gasteiger partial charge >= 0.3 is 5.97 Å². The molecule has 0 aromatic carbocycles. The molecular formula is C11H15N3O3. The molecule has 1 aliphatic rings. The number of aromatic amines is 1. The summed E-state index contributed by atoms with van der Waals surface area (Å²) in [6.45, 7) is 5.39. The molecule has 3 N–H and O–H groups in total. The van der Waals surface area contributed by atoms with E-state index in [1.807, 2.05) is 6.92 Å². The summed E-state index contributed by atoms with van der Waals surface area (Å²) in [7, 11) is 0. The number of carbonyl (C=O) groups is 2. The van der Waals surface area contributed by atoms with Crippen LogP contribution in [0.4, 0.5) is 5.82 Å². The fourth-order valence-electron chi connectivity index (χ4n) is 2.27. The number of hydrogen-bond donors (Lipinski definition) is 3. The molecule has 1 amide bonds. The summed E-state index contributed by atoms with van der Waals surface area (Å²) in [4.78, 5) is 22.8. The van der Waals surface area contributed by atoms with Gasteiger partial charge in [0.15, 0.2) is 5.82 Å². The number of carboxylic acids is 1. The lowest BCUT2D eigenvalue weighted by Crippen LogP contribution is -2.17. The van der Waals surface area contributed by atoms with Crippen LogP contribution in [0.2, 0.25) is 0 Å². The largest absolute Gasteiger partial charge is 0.481 e. The predicted molar refractivity (Wildman–Crippen MR) is 60.4 cm³/mol. The van der Waals surface area contributed by atoms with E-state index >= 15 is 0 Å². The Morgan fingerprint density at radius 2 is 2.12 bits per heavy atom. The number of amides is 1. The lowest BCUT2D eigenvalue weighted by atomic mass is 10.1. The first kappa shape index (κ1) is 11.6. The molecule has 6 heteroatoms. The third-order valence-corrected chi connectivity index (χ3v) is 3.33. The monoisotopic (exact) mass is 237 g/mol. The third kappa shape index (κ3) is 1.90. The van der Waals surface area contributed by atoms with E-state index in [4.69, 9.17) is 5.11 Å². The van der Waals surface area contributed by atoms with Gasteiger partial charge in [-0.2, -0.15) is 5.10 Å². The van der Waals surface area contributed by atoms with Gasteiger partial charge in [-0.1, -0.05) is 13.8 Å². The molecule has 1 aromatic rings. The fourth-order valence-corrected chi connectivity index (χ4v) is 2.27. The molecule has 1 saturated carbocycles. The Kier molecular flexibility index (Phi) is 2.45. The highest BCUT2D eigenvalue weighted by atomic mass is 16.4.